The molecule has 188 valence electrons. The van der Waals surface area contributed by atoms with Gasteiger partial charge in [0.25, 0.3) is 11.5 Å². The third-order valence-corrected chi connectivity index (χ3v) is 9.41. The van der Waals surface area contributed by atoms with Gasteiger partial charge >= 0.3 is 11.9 Å². The molecule has 1 aromatic heterocycles. The fourth-order valence-corrected chi connectivity index (χ4v) is 7.53. The summed E-state index contributed by atoms with van der Waals surface area (Å²) >= 11 is 8.64. The van der Waals surface area contributed by atoms with Crippen LogP contribution in [0.5, 0.6) is 0 Å². The molecule has 0 spiro atoms. The van der Waals surface area contributed by atoms with Gasteiger partial charge in [0.05, 0.1) is 15.2 Å². The van der Waals surface area contributed by atoms with Crippen LogP contribution in [0.25, 0.3) is 10.5 Å². The van der Waals surface area contributed by atoms with Crippen molar-refractivity contribution in [3.8, 4) is 0 Å². The fourth-order valence-electron chi connectivity index (χ4n) is 3.71. The van der Waals surface area contributed by atoms with Gasteiger partial charge in [-0.25, -0.2) is 0 Å². The number of carboxylic acids is 2. The lowest BCUT2D eigenvalue weighted by Crippen LogP contribution is -2.37. The maximum absolute atomic E-state index is 13.5. The number of amides is 1. The Morgan fingerprint density at radius 1 is 1.08 bits per heavy atom. The van der Waals surface area contributed by atoms with Gasteiger partial charge < -0.3 is 15.1 Å². The van der Waals surface area contributed by atoms with E-state index in [1.54, 1.807) is 11.8 Å². The van der Waals surface area contributed by atoms with Gasteiger partial charge in [0, 0.05) is 11.9 Å². The number of fused-ring (bicyclic) bond motifs is 1. The second-order valence-electron chi connectivity index (χ2n) is 8.22. The summed E-state index contributed by atoms with van der Waals surface area (Å²) in [7, 11) is 1.94. The van der Waals surface area contributed by atoms with Crippen LogP contribution in [0, 0.1) is 5.92 Å². The molecule has 1 aromatic carbocycles. The van der Waals surface area contributed by atoms with Crippen molar-refractivity contribution in [2.75, 3.05) is 18.5 Å². The molecule has 0 bridgehead atoms. The zero-order valence-electron chi connectivity index (χ0n) is 19.4. The van der Waals surface area contributed by atoms with Gasteiger partial charge in [-0.1, -0.05) is 61.7 Å². The third kappa shape index (κ3) is 4.88. The van der Waals surface area contributed by atoms with E-state index in [0.29, 0.717) is 10.1 Å². The summed E-state index contributed by atoms with van der Waals surface area (Å²) in [5.74, 6) is -3.22. The summed E-state index contributed by atoms with van der Waals surface area (Å²) in [4.78, 5) is 53.4. The number of para-hydroxylation sites is 1. The number of hydrogen-bond acceptors (Lipinski definition) is 9. The Labute approximate surface area is 223 Å². The second kappa shape index (κ2) is 10.2. The molecule has 0 radical (unpaired) electrons. The number of benzene rings is 1. The number of thioether (sulfide) groups is 2. The Kier molecular flexibility index (Phi) is 7.46. The summed E-state index contributed by atoms with van der Waals surface area (Å²) in [6.07, 6.45) is 1.92. The molecule has 13 heteroatoms. The van der Waals surface area contributed by atoms with Crippen LogP contribution in [0.4, 0.5) is 5.69 Å². The first kappa shape index (κ1) is 26.2. The Hall–Kier alpha value is -2.87. The Morgan fingerprint density at radius 3 is 2.36 bits per heavy atom. The first-order valence-corrected chi connectivity index (χ1v) is 13.5. The normalized spacial score (nSPS) is 18.9. The summed E-state index contributed by atoms with van der Waals surface area (Å²) < 4.78 is 1.56. The van der Waals surface area contributed by atoms with Crippen LogP contribution >= 0.6 is 47.1 Å². The third-order valence-electron chi connectivity index (χ3n) is 5.45. The average Bonchev–Trinajstić information content (AvgIpc) is 3.39. The first-order valence-electron chi connectivity index (χ1n) is 10.7. The van der Waals surface area contributed by atoms with Crippen LogP contribution in [-0.2, 0) is 20.9 Å². The summed E-state index contributed by atoms with van der Waals surface area (Å²) in [5, 5.41) is 19.5. The van der Waals surface area contributed by atoms with Crippen molar-refractivity contribution >= 4 is 85.4 Å². The lowest BCUT2D eigenvalue weighted by molar-refractivity contribution is -0.140. The van der Waals surface area contributed by atoms with Crippen molar-refractivity contribution in [3.05, 3.63) is 54.9 Å². The molecular weight excluding hydrogens is 543 g/mol. The topological polar surface area (TPSA) is 120 Å². The van der Waals surface area contributed by atoms with Crippen LogP contribution in [0.1, 0.15) is 13.8 Å². The number of allylic oxidation sites excluding steroid dienone is 1. The Bertz CT molecular complexity index is 1520. The number of carbonyl (C=O) groups excluding carboxylic acids is 1. The van der Waals surface area contributed by atoms with Crippen molar-refractivity contribution in [3.63, 3.8) is 0 Å². The van der Waals surface area contributed by atoms with Gasteiger partial charge in [0.2, 0.25) is 0 Å². The maximum atomic E-state index is 13.5. The number of thiocarbonyl (C=S) groups is 1. The van der Waals surface area contributed by atoms with Crippen LogP contribution in [0.2, 0.25) is 0 Å². The lowest BCUT2D eigenvalue weighted by atomic mass is 10.0. The van der Waals surface area contributed by atoms with Gasteiger partial charge in [-0.3, -0.25) is 28.6 Å². The number of rotatable bonds is 6. The first-order chi connectivity index (χ1) is 17.0. The predicted molar refractivity (Wildman–Crippen MR) is 145 cm³/mol. The van der Waals surface area contributed by atoms with Crippen LogP contribution in [0.15, 0.2) is 45.1 Å². The van der Waals surface area contributed by atoms with E-state index >= 15 is 0 Å². The summed E-state index contributed by atoms with van der Waals surface area (Å²) in [6, 6.07) is 7.93. The summed E-state index contributed by atoms with van der Waals surface area (Å²) in [6.45, 7) is 2.61. The molecule has 36 heavy (non-hydrogen) atoms. The highest BCUT2D eigenvalue weighted by molar-refractivity contribution is 8.30. The Morgan fingerprint density at radius 2 is 1.75 bits per heavy atom. The standard InChI is InChI=1S/C23H21N3O6S4/c1-11(2)12(8-15-24(3)13-6-4-5-7-14(13)34-15)18-20(31)25(9-16(27)28)22(35-18)19-21(32)26(10-17(29)30)23(33)36-19/h4-8,11H,9-10H2,1-3H3,(H,27,28)(H,29,30)/b15-8?,18-12?,22-19-. The molecule has 2 N–H and O–H groups in total. The lowest BCUT2D eigenvalue weighted by Gasteiger charge is -2.15. The quantitative estimate of drug-likeness (QED) is 0.505. The van der Waals surface area contributed by atoms with Gasteiger partial charge in [-0.2, -0.15) is 0 Å². The maximum Gasteiger partial charge on any atom is 0.323 e. The molecule has 1 saturated heterocycles. The monoisotopic (exact) mass is 563 g/mol. The highest BCUT2D eigenvalue weighted by Gasteiger charge is 2.35. The number of thiazole rings is 1. The molecule has 2 aromatic rings. The van der Waals surface area contributed by atoms with Crippen molar-refractivity contribution in [1.82, 2.24) is 9.47 Å². The number of aromatic nitrogens is 1. The molecule has 0 atom stereocenters. The van der Waals surface area contributed by atoms with Gasteiger partial charge in [0.1, 0.15) is 27.0 Å². The average molecular weight is 564 g/mol. The number of nitrogens with zero attached hydrogens (tertiary/aromatic N) is 3. The molecule has 2 aliphatic heterocycles. The number of hydrogen-bond donors (Lipinski definition) is 2. The highest BCUT2D eigenvalue weighted by atomic mass is 32.2. The van der Waals surface area contributed by atoms with E-state index in [1.165, 1.54) is 0 Å². The smallest absolute Gasteiger partial charge is 0.323 e. The summed E-state index contributed by atoms with van der Waals surface area (Å²) in [5.41, 5.74) is 1.23. The zero-order chi connectivity index (χ0) is 26.3. The predicted octanol–water partition coefficient (Wildman–Crippen LogP) is 1.94. The molecule has 1 amide bonds. The number of carboxylic acid groups (broad SMARTS) is 2. The van der Waals surface area contributed by atoms with Gasteiger partial charge in [0.15, 0.2) is 0 Å². The molecule has 0 aliphatic carbocycles. The molecule has 9 nitrogen and oxygen atoms in total. The second-order valence-corrected chi connectivity index (χ2v) is 11.9. The van der Waals surface area contributed by atoms with Crippen molar-refractivity contribution in [1.29, 1.82) is 0 Å². The van der Waals surface area contributed by atoms with E-state index in [0.717, 1.165) is 48.2 Å². The minimum absolute atomic E-state index is 0.0404. The molecule has 3 heterocycles. The van der Waals surface area contributed by atoms with Gasteiger partial charge in [-0.15, -0.1) is 11.3 Å². The van der Waals surface area contributed by atoms with E-state index in [1.807, 2.05) is 56.1 Å². The van der Waals surface area contributed by atoms with E-state index in [9.17, 15) is 24.3 Å². The molecule has 0 saturated carbocycles. The van der Waals surface area contributed by atoms with Crippen molar-refractivity contribution in [2.24, 2.45) is 5.92 Å². The molecule has 2 aliphatic rings. The minimum atomic E-state index is -1.24. The molecule has 4 rings (SSSR count). The SMILES string of the molecule is CC(C)C(C=C1Sc2ccccc2N1C)=c1s/c(=C2\SC(=S)N(CC(=O)O)C2=O)n(CC(=O)O)c1=O. The van der Waals surface area contributed by atoms with E-state index < -0.39 is 36.5 Å². The Balaban J connectivity index is 1.96. The van der Waals surface area contributed by atoms with Crippen molar-refractivity contribution < 1.29 is 24.6 Å². The minimum Gasteiger partial charge on any atom is -0.480 e. The van der Waals surface area contributed by atoms with Crippen LogP contribution in [-0.4, -0.2) is 55.4 Å². The highest BCUT2D eigenvalue weighted by Crippen LogP contribution is 2.45. The fraction of sp³-hybridized carbons (Fsp3) is 0.261. The van der Waals surface area contributed by atoms with E-state index in [4.69, 9.17) is 17.3 Å². The van der Waals surface area contributed by atoms with Gasteiger partial charge in [-0.05, 0) is 29.7 Å². The number of aliphatic carboxylic acids is 2. The van der Waals surface area contributed by atoms with Crippen LogP contribution < -0.4 is 19.7 Å². The molecule has 1 fully saturated rings. The largest absolute Gasteiger partial charge is 0.480 e. The van der Waals surface area contributed by atoms with E-state index in [2.05, 4.69) is 0 Å². The molecule has 0 unspecified atom stereocenters. The number of anilines is 1. The van der Waals surface area contributed by atoms with Crippen molar-refractivity contribution in [2.45, 2.75) is 25.3 Å². The number of carbonyl (C=O) groups is 3. The zero-order valence-corrected chi connectivity index (χ0v) is 22.6. The van der Waals surface area contributed by atoms with Crippen LogP contribution in [0.3, 0.4) is 0 Å². The molecular formula is C23H21N3O6S4. The van der Waals surface area contributed by atoms with E-state index in [-0.39, 0.29) is 19.8 Å².